The van der Waals surface area contributed by atoms with Gasteiger partial charge < -0.3 is 10.1 Å². The second kappa shape index (κ2) is 9.52. The molecule has 1 N–H and O–H groups in total. The zero-order chi connectivity index (χ0) is 23.5. The van der Waals surface area contributed by atoms with Crippen molar-refractivity contribution in [2.45, 2.75) is 51.1 Å². The molecule has 1 heterocycles. The van der Waals surface area contributed by atoms with Crippen molar-refractivity contribution in [1.82, 2.24) is 10.2 Å². The molecule has 2 aromatic carbocycles. The molecule has 0 saturated heterocycles. The summed E-state index contributed by atoms with van der Waals surface area (Å²) in [6.45, 7) is 1.22. The third-order valence-corrected chi connectivity index (χ3v) is 6.18. The van der Waals surface area contributed by atoms with Crippen LogP contribution >= 0.6 is 0 Å². The van der Waals surface area contributed by atoms with Gasteiger partial charge in [-0.25, -0.2) is 9.18 Å². The first-order valence-electron chi connectivity index (χ1n) is 11.1. The number of nitrogens with one attached hydrogen (secondary N) is 1. The number of benzene rings is 2. The van der Waals surface area contributed by atoms with Gasteiger partial charge in [0.1, 0.15) is 5.82 Å². The van der Waals surface area contributed by atoms with E-state index >= 15 is 0 Å². The number of hydrogen-bond acceptors (Lipinski definition) is 5. The van der Waals surface area contributed by atoms with E-state index in [1.165, 1.54) is 35.2 Å². The van der Waals surface area contributed by atoms with Crippen LogP contribution in [0.2, 0.25) is 0 Å². The molecule has 0 spiro atoms. The number of fused-ring (bicyclic) bond motifs is 1. The number of halogens is 1. The van der Waals surface area contributed by atoms with Crippen LogP contribution in [0.25, 0.3) is 0 Å². The van der Waals surface area contributed by atoms with Gasteiger partial charge in [0, 0.05) is 6.04 Å². The van der Waals surface area contributed by atoms with Crippen LogP contribution in [0.3, 0.4) is 0 Å². The molecule has 8 heteroatoms. The molecule has 0 aromatic heterocycles. The van der Waals surface area contributed by atoms with Crippen LogP contribution in [-0.2, 0) is 9.53 Å². The van der Waals surface area contributed by atoms with E-state index in [1.54, 1.807) is 19.1 Å². The Labute approximate surface area is 190 Å². The van der Waals surface area contributed by atoms with Gasteiger partial charge in [0.15, 0.2) is 6.61 Å². The van der Waals surface area contributed by atoms with Crippen LogP contribution in [0.1, 0.15) is 81.7 Å². The van der Waals surface area contributed by atoms with Crippen molar-refractivity contribution in [3.63, 3.8) is 0 Å². The maximum atomic E-state index is 13.0. The number of amides is 3. The number of imide groups is 1. The van der Waals surface area contributed by atoms with Crippen LogP contribution in [0.15, 0.2) is 42.5 Å². The SMILES string of the molecule is C[C@H](NC(=O)COC(=O)c1ccc2c(c1)C(=O)N(C1CCCCC1)C2=O)c1ccc(F)cc1. The number of nitrogens with zero attached hydrogens (tertiary/aromatic N) is 1. The molecule has 7 nitrogen and oxygen atoms in total. The van der Waals surface area contributed by atoms with Crippen molar-refractivity contribution in [3.8, 4) is 0 Å². The molecule has 2 aliphatic rings. The van der Waals surface area contributed by atoms with Gasteiger partial charge >= 0.3 is 5.97 Å². The summed E-state index contributed by atoms with van der Waals surface area (Å²) < 4.78 is 18.1. The summed E-state index contributed by atoms with van der Waals surface area (Å²) in [5.74, 6) is -2.36. The molecule has 1 saturated carbocycles. The highest BCUT2D eigenvalue weighted by molar-refractivity contribution is 6.22. The summed E-state index contributed by atoms with van der Waals surface area (Å²) >= 11 is 0. The Morgan fingerprint density at radius 3 is 2.39 bits per heavy atom. The highest BCUT2D eigenvalue weighted by atomic mass is 19.1. The predicted octanol–water partition coefficient (Wildman–Crippen LogP) is 3.79. The van der Waals surface area contributed by atoms with Gasteiger partial charge in [-0.15, -0.1) is 0 Å². The summed E-state index contributed by atoms with van der Waals surface area (Å²) in [7, 11) is 0. The highest BCUT2D eigenvalue weighted by Crippen LogP contribution is 2.31. The maximum Gasteiger partial charge on any atom is 0.338 e. The minimum Gasteiger partial charge on any atom is -0.452 e. The van der Waals surface area contributed by atoms with Crippen molar-refractivity contribution in [2.24, 2.45) is 0 Å². The Hall–Kier alpha value is -3.55. The maximum absolute atomic E-state index is 13.0. The molecule has 1 aliphatic heterocycles. The fourth-order valence-electron chi connectivity index (χ4n) is 4.39. The monoisotopic (exact) mass is 452 g/mol. The van der Waals surface area contributed by atoms with Gasteiger partial charge in [-0.05, 0) is 55.7 Å². The van der Waals surface area contributed by atoms with Crippen LogP contribution < -0.4 is 5.32 Å². The number of esters is 1. The average Bonchev–Trinajstić information content (AvgIpc) is 3.07. The molecular weight excluding hydrogens is 427 g/mol. The Morgan fingerprint density at radius 2 is 1.70 bits per heavy atom. The Balaban J connectivity index is 1.36. The molecule has 33 heavy (non-hydrogen) atoms. The summed E-state index contributed by atoms with van der Waals surface area (Å²) in [5, 5.41) is 2.68. The van der Waals surface area contributed by atoms with Crippen LogP contribution in [0.4, 0.5) is 4.39 Å². The molecule has 1 aliphatic carbocycles. The molecule has 0 radical (unpaired) electrons. The number of hydrogen-bond donors (Lipinski definition) is 1. The number of ether oxygens (including phenoxy) is 1. The zero-order valence-corrected chi connectivity index (χ0v) is 18.3. The Bertz CT molecular complexity index is 1090. The number of carbonyl (C=O) groups excluding carboxylic acids is 4. The smallest absolute Gasteiger partial charge is 0.338 e. The van der Waals surface area contributed by atoms with E-state index in [2.05, 4.69) is 5.32 Å². The summed E-state index contributed by atoms with van der Waals surface area (Å²) in [5.41, 5.74) is 1.28. The number of rotatable bonds is 6. The zero-order valence-electron chi connectivity index (χ0n) is 18.3. The molecule has 0 unspecified atom stereocenters. The summed E-state index contributed by atoms with van der Waals surface area (Å²) in [4.78, 5) is 51.6. The molecule has 2 aromatic rings. The Morgan fingerprint density at radius 1 is 1.03 bits per heavy atom. The quantitative estimate of drug-likeness (QED) is 0.532. The average molecular weight is 452 g/mol. The van der Waals surface area contributed by atoms with E-state index in [9.17, 15) is 23.6 Å². The van der Waals surface area contributed by atoms with Crippen LogP contribution in [-0.4, -0.2) is 41.2 Å². The first-order chi connectivity index (χ1) is 15.8. The van der Waals surface area contributed by atoms with Crippen molar-refractivity contribution in [1.29, 1.82) is 0 Å². The minimum absolute atomic E-state index is 0.0970. The van der Waals surface area contributed by atoms with Crippen LogP contribution in [0, 0.1) is 5.82 Å². The second-order valence-corrected chi connectivity index (χ2v) is 8.45. The highest BCUT2D eigenvalue weighted by Gasteiger charge is 2.40. The lowest BCUT2D eigenvalue weighted by molar-refractivity contribution is -0.124. The van der Waals surface area contributed by atoms with Crippen molar-refractivity contribution in [3.05, 3.63) is 70.5 Å². The van der Waals surface area contributed by atoms with Gasteiger partial charge in [0.05, 0.1) is 22.7 Å². The first kappa shape index (κ1) is 22.6. The van der Waals surface area contributed by atoms with Gasteiger partial charge in [-0.1, -0.05) is 31.4 Å². The third kappa shape index (κ3) is 4.79. The van der Waals surface area contributed by atoms with Gasteiger partial charge in [0.25, 0.3) is 17.7 Å². The Kier molecular flexibility index (Phi) is 6.53. The molecule has 4 rings (SSSR count). The molecule has 1 fully saturated rings. The standard InChI is InChI=1S/C25H25FN2O5/c1-15(16-7-10-18(26)11-8-16)27-22(29)14-33-25(32)17-9-12-20-21(13-17)24(31)28(23(20)30)19-5-3-2-4-6-19/h7-13,15,19H,2-6,14H2,1H3,(H,27,29)/t15-/m0/s1. The largest absolute Gasteiger partial charge is 0.452 e. The third-order valence-electron chi connectivity index (χ3n) is 6.18. The van der Waals surface area contributed by atoms with Crippen molar-refractivity contribution < 1.29 is 28.3 Å². The van der Waals surface area contributed by atoms with E-state index in [4.69, 9.17) is 4.74 Å². The van der Waals surface area contributed by atoms with E-state index in [0.29, 0.717) is 5.56 Å². The van der Waals surface area contributed by atoms with E-state index in [0.717, 1.165) is 32.1 Å². The predicted molar refractivity (Wildman–Crippen MR) is 117 cm³/mol. The second-order valence-electron chi connectivity index (χ2n) is 8.45. The fraction of sp³-hybridized carbons (Fsp3) is 0.360. The first-order valence-corrected chi connectivity index (χ1v) is 11.1. The lowest BCUT2D eigenvalue weighted by Gasteiger charge is -2.29. The van der Waals surface area contributed by atoms with Gasteiger partial charge in [-0.3, -0.25) is 19.3 Å². The molecule has 0 bridgehead atoms. The molecule has 3 amide bonds. The minimum atomic E-state index is -0.765. The normalized spacial score (nSPS) is 17.0. The van der Waals surface area contributed by atoms with Gasteiger partial charge in [-0.2, -0.15) is 0 Å². The van der Waals surface area contributed by atoms with Crippen molar-refractivity contribution in [2.75, 3.05) is 6.61 Å². The van der Waals surface area contributed by atoms with E-state index < -0.39 is 24.5 Å². The van der Waals surface area contributed by atoms with Gasteiger partial charge in [0.2, 0.25) is 0 Å². The topological polar surface area (TPSA) is 92.8 Å². The summed E-state index contributed by atoms with van der Waals surface area (Å²) in [6.07, 6.45) is 4.67. The fourth-order valence-corrected chi connectivity index (χ4v) is 4.39. The van der Waals surface area contributed by atoms with Crippen molar-refractivity contribution >= 4 is 23.7 Å². The van der Waals surface area contributed by atoms with E-state index in [1.807, 2.05) is 0 Å². The number of carbonyl (C=O) groups is 4. The molecular formula is C25H25FN2O5. The van der Waals surface area contributed by atoms with Crippen LogP contribution in [0.5, 0.6) is 0 Å². The molecule has 172 valence electrons. The summed E-state index contributed by atoms with van der Waals surface area (Å²) in [6, 6.07) is 9.47. The lowest BCUT2D eigenvalue weighted by Crippen LogP contribution is -2.40. The van der Waals surface area contributed by atoms with E-state index in [-0.39, 0.29) is 40.4 Å². The lowest BCUT2D eigenvalue weighted by atomic mass is 9.94. The molecule has 1 atom stereocenters.